The van der Waals surface area contributed by atoms with Crippen LogP contribution in [0.4, 0.5) is 5.69 Å². The molecule has 2 aromatic rings. The number of halogens is 1. The third-order valence-electron chi connectivity index (χ3n) is 3.43. The molecule has 20 heavy (non-hydrogen) atoms. The lowest BCUT2D eigenvalue weighted by Crippen LogP contribution is -2.29. The topological polar surface area (TPSA) is 86.8 Å². The number of carbonyl (C=O) groups is 1. The van der Waals surface area contributed by atoms with E-state index in [0.717, 1.165) is 14.6 Å². The van der Waals surface area contributed by atoms with Gasteiger partial charge in [-0.25, -0.2) is 0 Å². The van der Waals surface area contributed by atoms with E-state index in [-0.39, 0.29) is 19.0 Å². The second-order valence-corrected chi connectivity index (χ2v) is 6.80. The first kappa shape index (κ1) is 13.8. The number of thiophene rings is 1. The lowest BCUT2D eigenvalue weighted by molar-refractivity contribution is 0.0572. The Morgan fingerprint density at radius 3 is 2.65 bits per heavy atom. The average Bonchev–Trinajstić information content (AvgIpc) is 2.90. The van der Waals surface area contributed by atoms with Crippen molar-refractivity contribution in [2.75, 3.05) is 18.8 Å². The number of hydrogen-bond donors (Lipinski definition) is 3. The predicted molar refractivity (Wildman–Crippen MR) is 81.9 cm³/mol. The summed E-state index contributed by atoms with van der Waals surface area (Å²) < 4.78 is 1.86. The van der Waals surface area contributed by atoms with E-state index in [9.17, 15) is 15.0 Å². The Kier molecular flexibility index (Phi) is 3.45. The fraction of sp³-hybridized carbons (Fsp3) is 0.308. The summed E-state index contributed by atoms with van der Waals surface area (Å²) in [6, 6.07) is 5.67. The van der Waals surface area contributed by atoms with Crippen LogP contribution in [0.15, 0.2) is 22.7 Å². The lowest BCUT2D eigenvalue weighted by atomic mass is 10.2. The second kappa shape index (κ2) is 5.00. The van der Waals surface area contributed by atoms with Gasteiger partial charge in [-0.3, -0.25) is 4.79 Å². The van der Waals surface area contributed by atoms with E-state index in [4.69, 9.17) is 5.73 Å². The van der Waals surface area contributed by atoms with Crippen molar-refractivity contribution >= 4 is 48.9 Å². The SMILES string of the molecule is Nc1c(C(=O)N2CC(O)C(O)C2)sc2cc(Br)ccc12. The van der Waals surface area contributed by atoms with E-state index < -0.39 is 12.2 Å². The molecule has 2 heterocycles. The zero-order chi connectivity index (χ0) is 14.4. The van der Waals surface area contributed by atoms with Gasteiger partial charge in [0.05, 0.1) is 17.9 Å². The van der Waals surface area contributed by atoms with Crippen molar-refractivity contribution in [2.24, 2.45) is 0 Å². The molecular formula is C13H13BrN2O3S. The number of nitrogens with two attached hydrogens (primary N) is 1. The molecular weight excluding hydrogens is 344 g/mol. The van der Waals surface area contributed by atoms with Crippen molar-refractivity contribution in [2.45, 2.75) is 12.2 Å². The number of β-amino-alcohol motifs (C(OH)–C–C–N with tert-alkyl or cyclic N) is 2. The van der Waals surface area contributed by atoms with E-state index in [1.54, 1.807) is 0 Å². The minimum Gasteiger partial charge on any atom is -0.397 e. The molecule has 1 amide bonds. The van der Waals surface area contributed by atoms with Crippen LogP contribution in [0, 0.1) is 0 Å². The number of aliphatic hydroxyl groups excluding tert-OH is 2. The van der Waals surface area contributed by atoms with Crippen molar-refractivity contribution in [1.82, 2.24) is 4.90 Å². The standard InChI is InChI=1S/C13H13BrN2O3S/c14-6-1-2-7-10(3-6)20-12(11(7)15)13(19)16-4-8(17)9(18)5-16/h1-3,8-9,17-18H,4-5,15H2. The summed E-state index contributed by atoms with van der Waals surface area (Å²) in [5, 5.41) is 19.9. The summed E-state index contributed by atoms with van der Waals surface area (Å²) in [4.78, 5) is 14.3. The van der Waals surface area contributed by atoms with Crippen LogP contribution >= 0.6 is 27.3 Å². The highest BCUT2D eigenvalue weighted by atomic mass is 79.9. The first-order chi connectivity index (χ1) is 9.47. The van der Waals surface area contributed by atoms with Gasteiger partial charge < -0.3 is 20.8 Å². The number of nitrogens with zero attached hydrogens (tertiary/aromatic N) is 1. The van der Waals surface area contributed by atoms with Crippen LogP contribution in [0.3, 0.4) is 0 Å². The Bertz CT molecular complexity index is 678. The predicted octanol–water partition coefficient (Wildman–Crippen LogP) is 1.42. The van der Waals surface area contributed by atoms with E-state index in [0.29, 0.717) is 10.6 Å². The van der Waals surface area contributed by atoms with Gasteiger partial charge >= 0.3 is 0 Å². The van der Waals surface area contributed by atoms with Gasteiger partial charge in [0.15, 0.2) is 0 Å². The summed E-state index contributed by atoms with van der Waals surface area (Å²) in [7, 11) is 0. The Labute approximate surface area is 127 Å². The van der Waals surface area contributed by atoms with E-state index >= 15 is 0 Å². The highest BCUT2D eigenvalue weighted by Gasteiger charge is 2.34. The lowest BCUT2D eigenvalue weighted by Gasteiger charge is -2.14. The van der Waals surface area contributed by atoms with E-state index in [1.807, 2.05) is 18.2 Å². The number of carbonyl (C=O) groups excluding carboxylic acids is 1. The molecule has 5 nitrogen and oxygen atoms in total. The third kappa shape index (κ3) is 2.20. The maximum atomic E-state index is 12.4. The molecule has 1 aliphatic rings. The van der Waals surface area contributed by atoms with Crippen LogP contribution in [-0.4, -0.2) is 46.3 Å². The number of aliphatic hydroxyl groups is 2. The van der Waals surface area contributed by atoms with Gasteiger partial charge in [0.1, 0.15) is 4.88 Å². The Hall–Kier alpha value is -1.15. The molecule has 0 bridgehead atoms. The summed E-state index contributed by atoms with van der Waals surface area (Å²) >= 11 is 4.72. The molecule has 1 fully saturated rings. The quantitative estimate of drug-likeness (QED) is 0.721. The van der Waals surface area contributed by atoms with Gasteiger partial charge in [-0.2, -0.15) is 0 Å². The van der Waals surface area contributed by atoms with Gasteiger partial charge in [-0.15, -0.1) is 11.3 Å². The highest BCUT2D eigenvalue weighted by molar-refractivity contribution is 9.10. The molecule has 1 saturated heterocycles. The molecule has 7 heteroatoms. The van der Waals surface area contributed by atoms with Crippen molar-refractivity contribution in [3.63, 3.8) is 0 Å². The van der Waals surface area contributed by atoms with Crippen LogP contribution < -0.4 is 5.73 Å². The molecule has 0 aliphatic carbocycles. The van der Waals surface area contributed by atoms with Crippen molar-refractivity contribution < 1.29 is 15.0 Å². The Morgan fingerprint density at radius 1 is 1.35 bits per heavy atom. The Balaban J connectivity index is 1.98. The summed E-state index contributed by atoms with van der Waals surface area (Å²) in [5.41, 5.74) is 6.51. The van der Waals surface area contributed by atoms with Crippen LogP contribution in [0.1, 0.15) is 9.67 Å². The number of amides is 1. The van der Waals surface area contributed by atoms with Crippen LogP contribution in [0.25, 0.3) is 10.1 Å². The van der Waals surface area contributed by atoms with Crippen molar-refractivity contribution in [1.29, 1.82) is 0 Å². The monoisotopic (exact) mass is 356 g/mol. The molecule has 2 atom stereocenters. The van der Waals surface area contributed by atoms with Crippen molar-refractivity contribution in [3.05, 3.63) is 27.5 Å². The van der Waals surface area contributed by atoms with Crippen LogP contribution in [0.5, 0.6) is 0 Å². The van der Waals surface area contributed by atoms with Crippen LogP contribution in [0.2, 0.25) is 0 Å². The zero-order valence-corrected chi connectivity index (χ0v) is 12.8. The second-order valence-electron chi connectivity index (χ2n) is 4.83. The van der Waals surface area contributed by atoms with Gasteiger partial charge in [0.25, 0.3) is 5.91 Å². The van der Waals surface area contributed by atoms with Crippen molar-refractivity contribution in [3.8, 4) is 0 Å². The number of fused-ring (bicyclic) bond motifs is 1. The van der Waals surface area contributed by atoms with Gasteiger partial charge in [-0.05, 0) is 12.1 Å². The van der Waals surface area contributed by atoms with Gasteiger partial charge in [0.2, 0.25) is 0 Å². The first-order valence-electron chi connectivity index (χ1n) is 6.10. The molecule has 0 radical (unpaired) electrons. The minimum absolute atomic E-state index is 0.136. The maximum Gasteiger partial charge on any atom is 0.266 e. The molecule has 2 unspecified atom stereocenters. The molecule has 0 spiro atoms. The summed E-state index contributed by atoms with van der Waals surface area (Å²) in [6.07, 6.45) is -1.77. The zero-order valence-electron chi connectivity index (χ0n) is 10.4. The smallest absolute Gasteiger partial charge is 0.266 e. The first-order valence-corrected chi connectivity index (χ1v) is 7.71. The third-order valence-corrected chi connectivity index (χ3v) is 5.08. The fourth-order valence-electron chi connectivity index (χ4n) is 2.33. The normalized spacial score (nSPS) is 22.6. The van der Waals surface area contributed by atoms with Crippen LogP contribution in [-0.2, 0) is 0 Å². The van der Waals surface area contributed by atoms with Gasteiger partial charge in [-0.1, -0.05) is 22.0 Å². The largest absolute Gasteiger partial charge is 0.397 e. The number of rotatable bonds is 1. The minimum atomic E-state index is -0.885. The molecule has 4 N–H and O–H groups in total. The molecule has 1 aliphatic heterocycles. The number of hydrogen-bond acceptors (Lipinski definition) is 5. The number of anilines is 1. The van der Waals surface area contributed by atoms with E-state index in [1.165, 1.54) is 16.2 Å². The molecule has 1 aromatic heterocycles. The fourth-order valence-corrected chi connectivity index (χ4v) is 3.97. The highest BCUT2D eigenvalue weighted by Crippen LogP contribution is 2.36. The Morgan fingerprint density at radius 2 is 2.00 bits per heavy atom. The molecule has 0 saturated carbocycles. The van der Waals surface area contributed by atoms with E-state index in [2.05, 4.69) is 15.9 Å². The molecule has 106 valence electrons. The maximum absolute atomic E-state index is 12.4. The number of nitrogen functional groups attached to an aromatic ring is 1. The molecule has 1 aromatic carbocycles. The summed E-state index contributed by atoms with van der Waals surface area (Å²) in [6.45, 7) is 0.273. The number of benzene rings is 1. The average molecular weight is 357 g/mol. The number of likely N-dealkylation sites (tertiary alicyclic amines) is 1. The summed E-state index contributed by atoms with van der Waals surface area (Å²) in [5.74, 6) is -0.240. The van der Waals surface area contributed by atoms with Gasteiger partial charge in [0, 0.05) is 27.6 Å². The molecule has 3 rings (SSSR count).